The van der Waals surface area contributed by atoms with Crippen LogP contribution in [0, 0.1) is 5.92 Å². The number of piperidine rings is 1. The van der Waals surface area contributed by atoms with Crippen molar-refractivity contribution in [3.05, 3.63) is 35.9 Å². The predicted octanol–water partition coefficient (Wildman–Crippen LogP) is 1.93. The first-order valence-electron chi connectivity index (χ1n) is 8.05. The highest BCUT2D eigenvalue weighted by Crippen LogP contribution is 2.25. The monoisotopic (exact) mass is 273 g/mol. The summed E-state index contributed by atoms with van der Waals surface area (Å²) in [7, 11) is 0. The van der Waals surface area contributed by atoms with Gasteiger partial charge in [-0.25, -0.2) is 0 Å². The van der Waals surface area contributed by atoms with E-state index in [4.69, 9.17) is 5.73 Å². The van der Waals surface area contributed by atoms with Crippen molar-refractivity contribution in [2.24, 2.45) is 11.7 Å². The molecule has 0 aromatic heterocycles. The standard InChI is InChI=1S/C17H27N3/c18-12-16-6-7-17-8-9-19(10-11-20(17)14-16)13-15-4-2-1-3-5-15/h1-5,16-17H,6-14,18H2. The van der Waals surface area contributed by atoms with Gasteiger partial charge in [-0.15, -0.1) is 0 Å². The molecule has 0 spiro atoms. The number of hydrogen-bond acceptors (Lipinski definition) is 3. The molecule has 1 aromatic rings. The number of fused-ring (bicyclic) bond motifs is 1. The zero-order valence-corrected chi connectivity index (χ0v) is 12.4. The van der Waals surface area contributed by atoms with Crippen LogP contribution in [0.5, 0.6) is 0 Å². The van der Waals surface area contributed by atoms with E-state index in [0.717, 1.165) is 25.0 Å². The van der Waals surface area contributed by atoms with Crippen LogP contribution in [-0.2, 0) is 6.54 Å². The molecule has 2 fully saturated rings. The molecule has 3 rings (SSSR count). The van der Waals surface area contributed by atoms with Crippen LogP contribution in [0.1, 0.15) is 24.8 Å². The summed E-state index contributed by atoms with van der Waals surface area (Å²) < 4.78 is 0. The maximum absolute atomic E-state index is 5.86. The van der Waals surface area contributed by atoms with Crippen molar-refractivity contribution in [2.45, 2.75) is 31.8 Å². The van der Waals surface area contributed by atoms with Crippen LogP contribution in [-0.4, -0.2) is 48.6 Å². The Hall–Kier alpha value is -0.900. The van der Waals surface area contributed by atoms with E-state index in [1.165, 1.54) is 51.0 Å². The summed E-state index contributed by atoms with van der Waals surface area (Å²) in [4.78, 5) is 5.32. The van der Waals surface area contributed by atoms with E-state index in [0.29, 0.717) is 0 Å². The molecule has 2 N–H and O–H groups in total. The minimum Gasteiger partial charge on any atom is -0.330 e. The summed E-state index contributed by atoms with van der Waals surface area (Å²) in [5, 5.41) is 0. The Labute approximate surface area is 122 Å². The Morgan fingerprint density at radius 3 is 2.65 bits per heavy atom. The molecule has 0 radical (unpaired) electrons. The van der Waals surface area contributed by atoms with E-state index in [1.807, 2.05) is 0 Å². The van der Waals surface area contributed by atoms with Crippen LogP contribution >= 0.6 is 0 Å². The van der Waals surface area contributed by atoms with Crippen molar-refractivity contribution in [3.8, 4) is 0 Å². The fraction of sp³-hybridized carbons (Fsp3) is 0.647. The molecule has 0 saturated carbocycles. The zero-order valence-electron chi connectivity index (χ0n) is 12.4. The summed E-state index contributed by atoms with van der Waals surface area (Å²) in [5.41, 5.74) is 7.29. The van der Waals surface area contributed by atoms with E-state index in [-0.39, 0.29) is 0 Å². The third kappa shape index (κ3) is 3.40. The molecule has 1 aromatic carbocycles. The fourth-order valence-corrected chi connectivity index (χ4v) is 3.69. The first-order valence-corrected chi connectivity index (χ1v) is 8.05. The van der Waals surface area contributed by atoms with Crippen molar-refractivity contribution in [2.75, 3.05) is 32.7 Å². The van der Waals surface area contributed by atoms with Crippen molar-refractivity contribution in [3.63, 3.8) is 0 Å². The topological polar surface area (TPSA) is 32.5 Å². The summed E-state index contributed by atoms with van der Waals surface area (Å²) in [6, 6.07) is 11.7. The van der Waals surface area contributed by atoms with Gasteiger partial charge in [-0.2, -0.15) is 0 Å². The smallest absolute Gasteiger partial charge is 0.0234 e. The predicted molar refractivity (Wildman–Crippen MR) is 83.5 cm³/mol. The van der Waals surface area contributed by atoms with Gasteiger partial charge in [0.15, 0.2) is 0 Å². The van der Waals surface area contributed by atoms with E-state index in [9.17, 15) is 0 Å². The second kappa shape index (κ2) is 6.70. The largest absolute Gasteiger partial charge is 0.330 e. The van der Waals surface area contributed by atoms with Crippen molar-refractivity contribution < 1.29 is 0 Å². The molecule has 2 unspecified atom stereocenters. The van der Waals surface area contributed by atoms with Gasteiger partial charge in [0.1, 0.15) is 0 Å². The van der Waals surface area contributed by atoms with Crippen LogP contribution in [0.2, 0.25) is 0 Å². The number of nitrogens with two attached hydrogens (primary N) is 1. The third-order valence-corrected chi connectivity index (χ3v) is 4.98. The average molecular weight is 273 g/mol. The molecule has 0 amide bonds. The lowest BCUT2D eigenvalue weighted by atomic mass is 9.91. The summed E-state index contributed by atoms with van der Waals surface area (Å²) in [6.45, 7) is 6.83. The minimum atomic E-state index is 0.729. The normalized spacial score (nSPS) is 28.9. The molecule has 2 aliphatic heterocycles. The second-order valence-electron chi connectivity index (χ2n) is 6.38. The van der Waals surface area contributed by atoms with Gasteiger partial charge in [0.05, 0.1) is 0 Å². The Morgan fingerprint density at radius 1 is 1.00 bits per heavy atom. The van der Waals surface area contributed by atoms with Crippen molar-refractivity contribution >= 4 is 0 Å². The Balaban J connectivity index is 1.57. The SMILES string of the molecule is NCC1CCC2CCN(Cc3ccccc3)CCN2C1. The number of rotatable bonds is 3. The van der Waals surface area contributed by atoms with Gasteiger partial charge in [-0.1, -0.05) is 30.3 Å². The minimum absolute atomic E-state index is 0.729. The van der Waals surface area contributed by atoms with E-state index in [1.54, 1.807) is 0 Å². The number of hydrogen-bond donors (Lipinski definition) is 1. The van der Waals surface area contributed by atoms with Gasteiger partial charge in [0.2, 0.25) is 0 Å². The third-order valence-electron chi connectivity index (χ3n) is 4.98. The molecular formula is C17H27N3. The summed E-state index contributed by atoms with van der Waals surface area (Å²) in [6.07, 6.45) is 4.00. The number of benzene rings is 1. The average Bonchev–Trinajstić information content (AvgIpc) is 2.70. The Morgan fingerprint density at radius 2 is 1.85 bits per heavy atom. The van der Waals surface area contributed by atoms with E-state index < -0.39 is 0 Å². The highest BCUT2D eigenvalue weighted by molar-refractivity contribution is 5.14. The molecule has 3 nitrogen and oxygen atoms in total. The highest BCUT2D eigenvalue weighted by atomic mass is 15.2. The Kier molecular flexibility index (Phi) is 4.71. The Bertz CT molecular complexity index is 406. The number of nitrogens with zero attached hydrogens (tertiary/aromatic N) is 2. The van der Waals surface area contributed by atoms with E-state index in [2.05, 4.69) is 40.1 Å². The molecule has 110 valence electrons. The molecule has 3 heteroatoms. The van der Waals surface area contributed by atoms with Gasteiger partial charge >= 0.3 is 0 Å². The van der Waals surface area contributed by atoms with Crippen LogP contribution in [0.25, 0.3) is 0 Å². The van der Waals surface area contributed by atoms with Crippen LogP contribution in [0.4, 0.5) is 0 Å². The van der Waals surface area contributed by atoms with Crippen LogP contribution < -0.4 is 5.73 Å². The molecule has 2 aliphatic rings. The second-order valence-corrected chi connectivity index (χ2v) is 6.38. The van der Waals surface area contributed by atoms with Gasteiger partial charge in [-0.3, -0.25) is 9.80 Å². The molecule has 2 heterocycles. The quantitative estimate of drug-likeness (QED) is 0.913. The molecule has 2 saturated heterocycles. The van der Waals surface area contributed by atoms with Gasteiger partial charge in [0.25, 0.3) is 0 Å². The summed E-state index contributed by atoms with van der Waals surface area (Å²) >= 11 is 0. The van der Waals surface area contributed by atoms with Crippen LogP contribution in [0.15, 0.2) is 30.3 Å². The molecule has 20 heavy (non-hydrogen) atoms. The molecule has 0 aliphatic carbocycles. The molecule has 2 atom stereocenters. The lowest BCUT2D eigenvalue weighted by Gasteiger charge is -2.38. The zero-order chi connectivity index (χ0) is 13.8. The van der Waals surface area contributed by atoms with Crippen LogP contribution in [0.3, 0.4) is 0 Å². The van der Waals surface area contributed by atoms with Gasteiger partial charge in [-0.05, 0) is 37.3 Å². The lowest BCUT2D eigenvalue weighted by molar-refractivity contribution is 0.116. The molecule has 0 bridgehead atoms. The van der Waals surface area contributed by atoms with Crippen molar-refractivity contribution in [1.29, 1.82) is 0 Å². The maximum atomic E-state index is 5.86. The maximum Gasteiger partial charge on any atom is 0.0234 e. The van der Waals surface area contributed by atoms with E-state index >= 15 is 0 Å². The van der Waals surface area contributed by atoms with Crippen molar-refractivity contribution in [1.82, 2.24) is 9.80 Å². The summed E-state index contributed by atoms with van der Waals surface area (Å²) in [5.74, 6) is 0.729. The fourth-order valence-electron chi connectivity index (χ4n) is 3.69. The lowest BCUT2D eigenvalue weighted by Crippen LogP contribution is -2.45. The van der Waals surface area contributed by atoms with Gasteiger partial charge in [0, 0.05) is 38.8 Å². The highest BCUT2D eigenvalue weighted by Gasteiger charge is 2.29. The first kappa shape index (κ1) is 14.1. The first-order chi connectivity index (χ1) is 9.85. The molecular weight excluding hydrogens is 246 g/mol. The van der Waals surface area contributed by atoms with Gasteiger partial charge < -0.3 is 5.73 Å².